The van der Waals surface area contributed by atoms with Crippen LogP contribution in [0.25, 0.3) is 11.1 Å². The number of aromatic nitrogens is 3. The molecule has 2 aliphatic rings. The van der Waals surface area contributed by atoms with Gasteiger partial charge in [0.2, 0.25) is 0 Å². The predicted molar refractivity (Wildman–Crippen MR) is 129 cm³/mol. The average Bonchev–Trinajstić information content (AvgIpc) is 3.30. The predicted octanol–water partition coefficient (Wildman–Crippen LogP) is 2.73. The van der Waals surface area contributed by atoms with Crippen LogP contribution >= 0.6 is 0 Å². The molecule has 0 unspecified atom stereocenters. The molecule has 2 aliphatic heterocycles. The van der Waals surface area contributed by atoms with Gasteiger partial charge in [-0.05, 0) is 50.7 Å². The summed E-state index contributed by atoms with van der Waals surface area (Å²) >= 11 is 0. The Kier molecular flexibility index (Phi) is 5.35. The van der Waals surface area contributed by atoms with Crippen LogP contribution in [0.5, 0.6) is 0 Å². The highest BCUT2D eigenvalue weighted by Gasteiger charge is 2.51. The number of hydrogen-bond acceptors (Lipinski definition) is 5. The zero-order valence-corrected chi connectivity index (χ0v) is 19.9. The number of fused-ring (bicyclic) bond motifs is 1. The van der Waals surface area contributed by atoms with Gasteiger partial charge in [0, 0.05) is 25.4 Å². The van der Waals surface area contributed by atoms with Crippen LogP contribution in [0, 0.1) is 0 Å². The number of rotatable bonds is 4. The van der Waals surface area contributed by atoms with Gasteiger partial charge >= 0.3 is 7.12 Å². The molecule has 0 aliphatic carbocycles. The minimum absolute atomic E-state index is 0.0484. The van der Waals surface area contributed by atoms with E-state index in [2.05, 4.69) is 44.8 Å². The van der Waals surface area contributed by atoms with Crippen LogP contribution in [0.3, 0.4) is 0 Å². The minimum atomic E-state index is -0.383. The Balaban J connectivity index is 1.43. The highest BCUT2D eigenvalue weighted by Crippen LogP contribution is 2.36. The lowest BCUT2D eigenvalue weighted by molar-refractivity contribution is 0.00578. The Morgan fingerprint density at radius 3 is 2.42 bits per heavy atom. The first-order chi connectivity index (χ1) is 15.7. The summed E-state index contributed by atoms with van der Waals surface area (Å²) in [4.78, 5) is 17.6. The van der Waals surface area contributed by atoms with Crippen molar-refractivity contribution in [2.75, 3.05) is 13.2 Å². The Labute approximate surface area is 194 Å². The number of imidazole rings is 1. The number of benzene rings is 1. The van der Waals surface area contributed by atoms with Crippen molar-refractivity contribution in [3.8, 4) is 0 Å². The molecule has 33 heavy (non-hydrogen) atoms. The second kappa shape index (κ2) is 7.97. The van der Waals surface area contributed by atoms with E-state index in [-0.39, 0.29) is 23.9 Å². The number of hydrogen-bond donors (Lipinski definition) is 0. The van der Waals surface area contributed by atoms with Crippen molar-refractivity contribution in [3.63, 3.8) is 0 Å². The molecule has 5 rings (SSSR count). The molecule has 0 N–H and O–H groups in total. The van der Waals surface area contributed by atoms with Gasteiger partial charge in [-0.25, -0.2) is 4.98 Å². The molecule has 0 atom stereocenters. The second-order valence-electron chi connectivity index (χ2n) is 9.88. The van der Waals surface area contributed by atoms with Crippen molar-refractivity contribution in [1.29, 1.82) is 0 Å². The van der Waals surface area contributed by atoms with E-state index >= 15 is 0 Å². The van der Waals surface area contributed by atoms with Gasteiger partial charge in [0.15, 0.2) is 0 Å². The standard InChI is InChI=1S/C25H30BN3O4/c1-24(2)25(3,4)33-26(32-24)19-8-6-17(7-9-19)14-20-16-29-21(23(30)28(20)5)15-27-22(29)18-10-12-31-13-11-18/h6-10,15-16H,11-14H2,1-5H3. The van der Waals surface area contributed by atoms with Crippen molar-refractivity contribution >= 4 is 23.7 Å². The van der Waals surface area contributed by atoms with E-state index in [1.54, 1.807) is 10.8 Å². The third kappa shape index (κ3) is 3.86. The molecular formula is C25H30BN3O4. The van der Waals surface area contributed by atoms with Crippen LogP contribution in [-0.4, -0.2) is 45.5 Å². The molecular weight excluding hydrogens is 417 g/mol. The van der Waals surface area contributed by atoms with E-state index in [0.717, 1.165) is 34.5 Å². The van der Waals surface area contributed by atoms with Crippen molar-refractivity contribution in [1.82, 2.24) is 14.0 Å². The molecule has 0 radical (unpaired) electrons. The summed E-state index contributed by atoms with van der Waals surface area (Å²) in [5.74, 6) is 0.823. The maximum absolute atomic E-state index is 13.0. The van der Waals surface area contributed by atoms with Crippen LogP contribution in [-0.2, 0) is 27.5 Å². The first kappa shape index (κ1) is 22.1. The fraction of sp³-hybridized carbons (Fsp3) is 0.440. The fourth-order valence-electron chi connectivity index (χ4n) is 4.30. The highest BCUT2D eigenvalue weighted by molar-refractivity contribution is 6.62. The minimum Gasteiger partial charge on any atom is -0.399 e. The van der Waals surface area contributed by atoms with E-state index in [4.69, 9.17) is 14.0 Å². The smallest absolute Gasteiger partial charge is 0.399 e. The van der Waals surface area contributed by atoms with Crippen molar-refractivity contribution in [2.45, 2.75) is 51.7 Å². The Morgan fingerprint density at radius 1 is 1.09 bits per heavy atom. The van der Waals surface area contributed by atoms with Crippen LogP contribution in [0.2, 0.25) is 0 Å². The molecule has 4 heterocycles. The highest BCUT2D eigenvalue weighted by atomic mass is 16.7. The first-order valence-electron chi connectivity index (χ1n) is 11.4. The summed E-state index contributed by atoms with van der Waals surface area (Å²) in [6, 6.07) is 8.24. The lowest BCUT2D eigenvalue weighted by Crippen LogP contribution is -2.41. The van der Waals surface area contributed by atoms with Crippen LogP contribution in [0.1, 0.15) is 51.2 Å². The monoisotopic (exact) mass is 447 g/mol. The molecule has 172 valence electrons. The maximum atomic E-state index is 13.0. The molecule has 0 spiro atoms. The van der Waals surface area contributed by atoms with Gasteiger partial charge in [-0.15, -0.1) is 0 Å². The van der Waals surface area contributed by atoms with E-state index < -0.39 is 0 Å². The molecule has 2 aromatic heterocycles. The van der Waals surface area contributed by atoms with E-state index in [9.17, 15) is 4.79 Å². The fourth-order valence-corrected chi connectivity index (χ4v) is 4.30. The van der Waals surface area contributed by atoms with E-state index in [1.165, 1.54) is 0 Å². The topological polar surface area (TPSA) is 67.0 Å². The van der Waals surface area contributed by atoms with Gasteiger partial charge in [-0.1, -0.05) is 30.3 Å². The largest absolute Gasteiger partial charge is 0.494 e. The molecule has 1 aromatic carbocycles. The Hall–Kier alpha value is -2.68. The molecule has 3 aromatic rings. The van der Waals surface area contributed by atoms with Crippen LogP contribution < -0.4 is 11.0 Å². The zero-order chi connectivity index (χ0) is 23.4. The van der Waals surface area contributed by atoms with Gasteiger partial charge in [0.05, 0.1) is 30.6 Å². The molecule has 1 saturated heterocycles. The first-order valence-corrected chi connectivity index (χ1v) is 11.4. The van der Waals surface area contributed by atoms with E-state index in [1.807, 2.05) is 35.9 Å². The SMILES string of the molecule is Cn1c(Cc2ccc(B3OC(C)(C)C(C)(C)O3)cc2)cn2c(C3=CCOCC3)ncc2c1=O. The van der Waals surface area contributed by atoms with E-state index in [0.29, 0.717) is 25.2 Å². The molecule has 0 saturated carbocycles. The summed E-state index contributed by atoms with van der Waals surface area (Å²) < 4.78 is 21.4. The zero-order valence-electron chi connectivity index (χ0n) is 19.9. The third-order valence-electron chi connectivity index (χ3n) is 7.17. The maximum Gasteiger partial charge on any atom is 0.494 e. The summed E-state index contributed by atoms with van der Waals surface area (Å²) in [5.41, 5.74) is 3.93. The molecule has 8 heteroatoms. The van der Waals surface area contributed by atoms with Crippen LogP contribution in [0.4, 0.5) is 0 Å². The molecule has 0 amide bonds. The summed E-state index contributed by atoms with van der Waals surface area (Å²) in [7, 11) is 1.43. The summed E-state index contributed by atoms with van der Waals surface area (Å²) in [6.07, 6.45) is 7.16. The Bertz CT molecular complexity index is 1270. The van der Waals surface area contributed by atoms with Gasteiger partial charge in [0.1, 0.15) is 11.3 Å². The van der Waals surface area contributed by atoms with Gasteiger partial charge < -0.3 is 18.6 Å². The summed E-state index contributed by atoms with van der Waals surface area (Å²) in [6.45, 7) is 9.47. The molecule has 1 fully saturated rings. The molecule has 0 bridgehead atoms. The summed E-state index contributed by atoms with van der Waals surface area (Å²) in [5, 5.41) is 0. The Morgan fingerprint density at radius 2 is 1.79 bits per heavy atom. The number of ether oxygens (including phenoxy) is 1. The quantitative estimate of drug-likeness (QED) is 0.576. The number of nitrogens with zero attached hydrogens (tertiary/aromatic N) is 3. The lowest BCUT2D eigenvalue weighted by Gasteiger charge is -2.32. The average molecular weight is 447 g/mol. The molecule has 7 nitrogen and oxygen atoms in total. The third-order valence-corrected chi connectivity index (χ3v) is 7.17. The lowest BCUT2D eigenvalue weighted by atomic mass is 9.78. The normalized spacial score (nSPS) is 19.8. The van der Waals surface area contributed by atoms with Gasteiger partial charge in [-0.2, -0.15) is 0 Å². The van der Waals surface area contributed by atoms with Crippen molar-refractivity contribution in [2.24, 2.45) is 7.05 Å². The van der Waals surface area contributed by atoms with Crippen molar-refractivity contribution < 1.29 is 14.0 Å². The van der Waals surface area contributed by atoms with Crippen LogP contribution in [0.15, 0.2) is 47.5 Å². The van der Waals surface area contributed by atoms with Gasteiger partial charge in [0.25, 0.3) is 5.56 Å². The second-order valence-corrected chi connectivity index (χ2v) is 9.88. The van der Waals surface area contributed by atoms with Crippen molar-refractivity contribution in [3.05, 3.63) is 70.2 Å². The van der Waals surface area contributed by atoms with Gasteiger partial charge in [-0.3, -0.25) is 9.20 Å².